The van der Waals surface area contributed by atoms with E-state index in [1.807, 2.05) is 30.3 Å². The number of fused-ring (bicyclic) bond motifs is 6. The van der Waals surface area contributed by atoms with E-state index < -0.39 is 0 Å². The molecule has 1 atom stereocenters. The molecule has 0 N–H and O–H groups in total. The van der Waals surface area contributed by atoms with Crippen molar-refractivity contribution in [3.8, 4) is 67.3 Å². The molecule has 2 aromatic heterocycles. The molecule has 0 radical (unpaired) electrons. The second kappa shape index (κ2) is 13.1. The number of aromatic nitrogens is 2. The standard InChI is InChI=1S/C54H36N2O/c1-54(42-19-9-4-10-20-42)47-23-13-11-21-43(47)44-27-25-37(33-48(44)54)40-29-39(35-15-5-2-6-16-35)30-41(31-40)50-34-49(55-53(56-50)36-17-7-3-8-18-36)38-26-28-52-46(32-38)45-22-12-14-24-51(45)57-52/h2-34H,1H3. The monoisotopic (exact) mass is 728 g/mol. The summed E-state index contributed by atoms with van der Waals surface area (Å²) in [7, 11) is 0. The average molecular weight is 729 g/mol. The highest BCUT2D eigenvalue weighted by Gasteiger charge is 2.40. The zero-order valence-corrected chi connectivity index (χ0v) is 31.4. The maximum absolute atomic E-state index is 6.19. The van der Waals surface area contributed by atoms with Crippen LogP contribution >= 0.6 is 0 Å². The van der Waals surface area contributed by atoms with Crippen LogP contribution in [0.1, 0.15) is 23.6 Å². The lowest BCUT2D eigenvalue weighted by atomic mass is 9.74. The van der Waals surface area contributed by atoms with Crippen molar-refractivity contribution < 1.29 is 4.42 Å². The van der Waals surface area contributed by atoms with E-state index in [1.165, 1.54) is 27.8 Å². The summed E-state index contributed by atoms with van der Waals surface area (Å²) in [6, 6.07) is 71.3. The van der Waals surface area contributed by atoms with Gasteiger partial charge in [0, 0.05) is 32.9 Å². The van der Waals surface area contributed by atoms with Crippen molar-refractivity contribution >= 4 is 21.9 Å². The minimum Gasteiger partial charge on any atom is -0.456 e. The largest absolute Gasteiger partial charge is 0.456 e. The van der Waals surface area contributed by atoms with Crippen LogP contribution in [0.3, 0.4) is 0 Å². The average Bonchev–Trinajstić information content (AvgIpc) is 3.79. The van der Waals surface area contributed by atoms with Crippen LogP contribution in [0.4, 0.5) is 0 Å². The van der Waals surface area contributed by atoms with Crippen molar-refractivity contribution in [3.63, 3.8) is 0 Å². The summed E-state index contributed by atoms with van der Waals surface area (Å²) >= 11 is 0. The SMILES string of the molecule is CC1(c2ccccc2)c2ccccc2-c2ccc(-c3cc(-c4ccccc4)cc(-c4cc(-c5ccc6oc7ccccc7c6c5)nc(-c5ccccc5)n4)c3)cc21. The van der Waals surface area contributed by atoms with Gasteiger partial charge in [0.05, 0.1) is 11.4 Å². The predicted molar refractivity (Wildman–Crippen MR) is 234 cm³/mol. The van der Waals surface area contributed by atoms with Crippen molar-refractivity contribution in [2.24, 2.45) is 0 Å². The van der Waals surface area contributed by atoms with Crippen LogP contribution < -0.4 is 0 Å². The molecule has 2 heterocycles. The van der Waals surface area contributed by atoms with E-state index >= 15 is 0 Å². The lowest BCUT2D eigenvalue weighted by Gasteiger charge is -2.28. The summed E-state index contributed by atoms with van der Waals surface area (Å²) in [4.78, 5) is 10.5. The molecule has 0 aliphatic heterocycles. The molecule has 268 valence electrons. The third-order valence-corrected chi connectivity index (χ3v) is 11.8. The number of furan rings is 1. The van der Waals surface area contributed by atoms with Gasteiger partial charge in [-0.05, 0) is 112 Å². The maximum Gasteiger partial charge on any atom is 0.160 e. The van der Waals surface area contributed by atoms with Crippen LogP contribution in [0.25, 0.3) is 89.2 Å². The Kier molecular flexibility index (Phi) is 7.61. The topological polar surface area (TPSA) is 38.9 Å². The highest BCUT2D eigenvalue weighted by atomic mass is 16.3. The summed E-state index contributed by atoms with van der Waals surface area (Å²) in [5.74, 6) is 0.681. The molecular weight excluding hydrogens is 693 g/mol. The number of nitrogens with zero attached hydrogens (tertiary/aromatic N) is 2. The van der Waals surface area contributed by atoms with Crippen LogP contribution in [0.15, 0.2) is 205 Å². The van der Waals surface area contributed by atoms with Crippen LogP contribution in [0.2, 0.25) is 0 Å². The van der Waals surface area contributed by atoms with E-state index in [0.717, 1.165) is 72.3 Å². The van der Waals surface area contributed by atoms with E-state index in [-0.39, 0.29) is 5.41 Å². The van der Waals surface area contributed by atoms with E-state index in [0.29, 0.717) is 5.82 Å². The van der Waals surface area contributed by atoms with Crippen molar-refractivity contribution in [2.45, 2.75) is 12.3 Å². The molecule has 10 aromatic rings. The molecule has 0 spiro atoms. The zero-order chi connectivity index (χ0) is 37.9. The highest BCUT2D eigenvalue weighted by Crippen LogP contribution is 2.53. The Labute approximate surface area is 331 Å². The molecule has 3 nitrogen and oxygen atoms in total. The molecule has 1 unspecified atom stereocenters. The summed E-state index contributed by atoms with van der Waals surface area (Å²) < 4.78 is 6.19. The van der Waals surface area contributed by atoms with Gasteiger partial charge < -0.3 is 4.42 Å². The first-order valence-corrected chi connectivity index (χ1v) is 19.5. The van der Waals surface area contributed by atoms with Gasteiger partial charge in [0.2, 0.25) is 0 Å². The Morgan fingerprint density at radius 3 is 1.74 bits per heavy atom. The molecule has 1 aliphatic carbocycles. The molecule has 0 amide bonds. The van der Waals surface area contributed by atoms with Gasteiger partial charge in [0.1, 0.15) is 11.2 Å². The van der Waals surface area contributed by atoms with Crippen molar-refractivity contribution in [1.29, 1.82) is 0 Å². The lowest BCUT2D eigenvalue weighted by molar-refractivity contribution is 0.669. The van der Waals surface area contributed by atoms with Gasteiger partial charge in [-0.3, -0.25) is 0 Å². The molecule has 1 aliphatic rings. The number of hydrogen-bond acceptors (Lipinski definition) is 3. The van der Waals surface area contributed by atoms with Crippen LogP contribution in [0.5, 0.6) is 0 Å². The molecule has 0 saturated carbocycles. The van der Waals surface area contributed by atoms with Crippen LogP contribution in [-0.4, -0.2) is 9.97 Å². The number of rotatable bonds is 6. The Morgan fingerprint density at radius 1 is 0.368 bits per heavy atom. The van der Waals surface area contributed by atoms with Gasteiger partial charge in [-0.2, -0.15) is 0 Å². The first kappa shape index (κ1) is 33.0. The van der Waals surface area contributed by atoms with Gasteiger partial charge in [0.15, 0.2) is 5.82 Å². The molecule has 8 aromatic carbocycles. The third-order valence-electron chi connectivity index (χ3n) is 11.8. The summed E-state index contributed by atoms with van der Waals surface area (Å²) in [5.41, 5.74) is 17.3. The van der Waals surface area contributed by atoms with Gasteiger partial charge in [-0.15, -0.1) is 0 Å². The molecule has 57 heavy (non-hydrogen) atoms. The molecule has 0 fully saturated rings. The number of hydrogen-bond donors (Lipinski definition) is 0. The van der Waals surface area contributed by atoms with E-state index in [2.05, 4.69) is 177 Å². The van der Waals surface area contributed by atoms with Crippen LogP contribution in [0, 0.1) is 0 Å². The smallest absolute Gasteiger partial charge is 0.160 e. The number of benzene rings is 8. The summed E-state index contributed by atoms with van der Waals surface area (Å²) in [6.45, 7) is 2.37. The molecular formula is C54H36N2O. The second-order valence-corrected chi connectivity index (χ2v) is 15.1. The van der Waals surface area contributed by atoms with Gasteiger partial charge in [0.25, 0.3) is 0 Å². The first-order chi connectivity index (χ1) is 28.1. The zero-order valence-electron chi connectivity index (χ0n) is 31.4. The molecule has 3 heteroatoms. The quantitative estimate of drug-likeness (QED) is 0.171. The maximum atomic E-state index is 6.19. The fourth-order valence-electron chi connectivity index (χ4n) is 8.84. The van der Waals surface area contributed by atoms with Crippen molar-refractivity contribution in [3.05, 3.63) is 217 Å². The Bertz CT molecular complexity index is 3130. The minimum atomic E-state index is -0.295. The Morgan fingerprint density at radius 2 is 0.947 bits per heavy atom. The highest BCUT2D eigenvalue weighted by molar-refractivity contribution is 6.06. The predicted octanol–water partition coefficient (Wildman–Crippen LogP) is 14.0. The van der Waals surface area contributed by atoms with Crippen LogP contribution in [-0.2, 0) is 5.41 Å². The van der Waals surface area contributed by atoms with Gasteiger partial charge >= 0.3 is 0 Å². The van der Waals surface area contributed by atoms with Crippen molar-refractivity contribution in [1.82, 2.24) is 9.97 Å². The third kappa shape index (κ3) is 5.50. The van der Waals surface area contributed by atoms with E-state index in [4.69, 9.17) is 14.4 Å². The fraction of sp³-hybridized carbons (Fsp3) is 0.0370. The summed E-state index contributed by atoms with van der Waals surface area (Å²) in [5, 5.41) is 2.16. The molecule has 0 bridgehead atoms. The second-order valence-electron chi connectivity index (χ2n) is 15.1. The Hall–Kier alpha value is -7.36. The fourth-order valence-corrected chi connectivity index (χ4v) is 8.84. The molecule has 0 saturated heterocycles. The van der Waals surface area contributed by atoms with Gasteiger partial charge in [-0.1, -0.05) is 146 Å². The van der Waals surface area contributed by atoms with E-state index in [9.17, 15) is 0 Å². The first-order valence-electron chi connectivity index (χ1n) is 19.5. The Balaban J connectivity index is 1.11. The summed E-state index contributed by atoms with van der Waals surface area (Å²) in [6.07, 6.45) is 0. The van der Waals surface area contributed by atoms with Crippen molar-refractivity contribution in [2.75, 3.05) is 0 Å². The minimum absolute atomic E-state index is 0.295. The van der Waals surface area contributed by atoms with Gasteiger partial charge in [-0.25, -0.2) is 9.97 Å². The number of para-hydroxylation sites is 1. The molecule has 11 rings (SSSR count). The van der Waals surface area contributed by atoms with E-state index in [1.54, 1.807) is 0 Å². The normalized spacial score (nSPS) is 14.5. The lowest BCUT2D eigenvalue weighted by Crippen LogP contribution is -2.22.